The number of piperidine rings is 1. The minimum absolute atomic E-state index is 0.0101. The summed E-state index contributed by atoms with van der Waals surface area (Å²) >= 11 is 0. The predicted octanol–water partition coefficient (Wildman–Crippen LogP) is 4.03. The molecule has 1 fully saturated rings. The normalized spacial score (nSPS) is 19.4. The number of halogens is 3. The number of hydrogen-bond donors (Lipinski definition) is 2. The van der Waals surface area contributed by atoms with E-state index in [4.69, 9.17) is 0 Å². The van der Waals surface area contributed by atoms with Gasteiger partial charge in [-0.3, -0.25) is 9.59 Å². The molecule has 3 atom stereocenters. The van der Waals surface area contributed by atoms with Gasteiger partial charge in [0.05, 0.1) is 17.0 Å². The maximum absolute atomic E-state index is 14.0. The fraction of sp³-hybridized carbons (Fsp3) is 0.500. The van der Waals surface area contributed by atoms with E-state index in [2.05, 4.69) is 44.1 Å². The van der Waals surface area contributed by atoms with Crippen LogP contribution in [0.15, 0.2) is 17.2 Å². The van der Waals surface area contributed by atoms with Crippen LogP contribution in [0.5, 0.6) is 0 Å². The quantitative estimate of drug-likeness (QED) is 0.552. The molecule has 3 aromatic rings. The fourth-order valence-corrected chi connectivity index (χ4v) is 5.00. The van der Waals surface area contributed by atoms with E-state index in [0.717, 1.165) is 6.42 Å². The van der Waals surface area contributed by atoms with Crippen molar-refractivity contribution in [3.63, 3.8) is 0 Å². The lowest BCUT2D eigenvalue weighted by atomic mass is 9.91. The molecule has 0 aliphatic carbocycles. The van der Waals surface area contributed by atoms with Crippen molar-refractivity contribution in [1.29, 1.82) is 0 Å². The molecule has 0 spiro atoms. The van der Waals surface area contributed by atoms with Gasteiger partial charge in [0.1, 0.15) is 5.82 Å². The molecule has 0 bridgehead atoms. The number of aromatic amines is 1. The number of nitrogens with zero attached hydrogens (tertiary/aromatic N) is 5. The van der Waals surface area contributed by atoms with E-state index in [1.807, 2.05) is 0 Å². The first-order chi connectivity index (χ1) is 16.8. The summed E-state index contributed by atoms with van der Waals surface area (Å²) in [7, 11) is 0. The van der Waals surface area contributed by atoms with Gasteiger partial charge in [-0.1, -0.05) is 13.8 Å². The number of pyridine rings is 1. The van der Waals surface area contributed by atoms with Crippen molar-refractivity contribution in [2.45, 2.75) is 53.3 Å². The van der Waals surface area contributed by atoms with Crippen molar-refractivity contribution < 1.29 is 18.0 Å². The monoisotopic (exact) mass is 503 g/mol. The number of aryl methyl sites for hydroxylation is 2. The Bertz CT molecular complexity index is 1350. The summed E-state index contributed by atoms with van der Waals surface area (Å²) in [6.45, 7) is 9.92. The zero-order valence-corrected chi connectivity index (χ0v) is 20.7. The summed E-state index contributed by atoms with van der Waals surface area (Å²) in [5, 5.41) is 2.84. The van der Waals surface area contributed by atoms with Crippen molar-refractivity contribution in [2.75, 3.05) is 18.4 Å². The Morgan fingerprint density at radius 2 is 1.75 bits per heavy atom. The van der Waals surface area contributed by atoms with E-state index in [-0.39, 0.29) is 39.8 Å². The van der Waals surface area contributed by atoms with Gasteiger partial charge >= 0.3 is 6.18 Å². The number of amides is 1. The Hall–Kier alpha value is -3.57. The molecule has 1 aliphatic heterocycles. The van der Waals surface area contributed by atoms with Crippen LogP contribution in [-0.4, -0.2) is 48.8 Å². The summed E-state index contributed by atoms with van der Waals surface area (Å²) in [6, 6.07) is -0.954. The van der Waals surface area contributed by atoms with Crippen LogP contribution < -0.4 is 10.9 Å². The zero-order valence-electron chi connectivity index (χ0n) is 20.7. The Kier molecular flexibility index (Phi) is 6.72. The lowest BCUT2D eigenvalue weighted by Crippen LogP contribution is -2.42. The number of aromatic nitrogens is 5. The van der Waals surface area contributed by atoms with Crippen LogP contribution in [0.2, 0.25) is 0 Å². The predicted molar refractivity (Wildman–Crippen MR) is 128 cm³/mol. The zero-order chi connectivity index (χ0) is 26.4. The molecule has 4 heterocycles. The molecule has 36 heavy (non-hydrogen) atoms. The number of nitrogens with one attached hydrogen (secondary N) is 2. The highest BCUT2D eigenvalue weighted by Crippen LogP contribution is 2.37. The number of rotatable bonds is 4. The number of carbonyl (C=O) groups is 1. The summed E-state index contributed by atoms with van der Waals surface area (Å²) in [5.74, 6) is 0.830. The fourth-order valence-electron chi connectivity index (χ4n) is 5.00. The van der Waals surface area contributed by atoms with Crippen molar-refractivity contribution >= 4 is 22.9 Å². The molecule has 0 saturated carbocycles. The summed E-state index contributed by atoms with van der Waals surface area (Å²) in [4.78, 5) is 45.7. The molecule has 1 aliphatic rings. The molecule has 0 radical (unpaired) electrons. The minimum atomic E-state index is -4.78. The van der Waals surface area contributed by atoms with E-state index in [1.54, 1.807) is 4.90 Å². The second-order valence-electron chi connectivity index (χ2n) is 9.66. The standard InChI is InChI=1S/C24H28F3N7O2/c1-11-6-12(2)10-34(9-11)22(36)16-7-28-23(29-8-16)30-14(4)17-13(3)18-20(31-15(5)32-21(18)35)33-19(17)24(25,26)27/h7-8,11-12,14H,6,9-10H2,1-5H3,(H,28,29,30)(H,31,32,33,35). The Morgan fingerprint density at radius 3 is 2.33 bits per heavy atom. The lowest BCUT2D eigenvalue weighted by Gasteiger charge is -2.34. The molecule has 1 saturated heterocycles. The number of hydrogen-bond acceptors (Lipinski definition) is 7. The largest absolute Gasteiger partial charge is 0.433 e. The molecule has 1 amide bonds. The molecule has 3 unspecified atom stereocenters. The third-order valence-electron chi connectivity index (χ3n) is 6.37. The lowest BCUT2D eigenvalue weighted by molar-refractivity contribution is -0.141. The Labute approximate surface area is 205 Å². The van der Waals surface area contributed by atoms with Crippen LogP contribution in [0.1, 0.15) is 66.2 Å². The van der Waals surface area contributed by atoms with Gasteiger partial charge in [0.2, 0.25) is 5.95 Å². The van der Waals surface area contributed by atoms with Crippen molar-refractivity contribution in [3.05, 3.63) is 51.0 Å². The van der Waals surface area contributed by atoms with E-state index in [0.29, 0.717) is 30.5 Å². The number of likely N-dealkylation sites (tertiary alicyclic amines) is 1. The number of anilines is 1. The molecule has 3 aromatic heterocycles. The number of carbonyl (C=O) groups excluding carboxylic acids is 1. The number of fused-ring (bicyclic) bond motifs is 1. The molecule has 192 valence electrons. The van der Waals surface area contributed by atoms with E-state index >= 15 is 0 Å². The van der Waals surface area contributed by atoms with Crippen molar-refractivity contribution in [1.82, 2.24) is 29.8 Å². The van der Waals surface area contributed by atoms with Crippen LogP contribution in [0.25, 0.3) is 11.0 Å². The molecular formula is C24H28F3N7O2. The minimum Gasteiger partial charge on any atom is -0.348 e. The topological polar surface area (TPSA) is 117 Å². The van der Waals surface area contributed by atoms with Gasteiger partial charge in [-0.25, -0.2) is 19.9 Å². The smallest absolute Gasteiger partial charge is 0.348 e. The Balaban J connectivity index is 1.63. The van der Waals surface area contributed by atoms with Crippen LogP contribution >= 0.6 is 0 Å². The highest BCUT2D eigenvalue weighted by molar-refractivity contribution is 5.93. The molecule has 4 rings (SSSR count). The Morgan fingerprint density at radius 1 is 1.14 bits per heavy atom. The first-order valence-corrected chi connectivity index (χ1v) is 11.7. The van der Waals surface area contributed by atoms with Crippen molar-refractivity contribution in [3.8, 4) is 0 Å². The van der Waals surface area contributed by atoms with Crippen LogP contribution in [0.3, 0.4) is 0 Å². The summed E-state index contributed by atoms with van der Waals surface area (Å²) in [6.07, 6.45) is -0.989. The van der Waals surface area contributed by atoms with E-state index < -0.39 is 23.5 Å². The third-order valence-corrected chi connectivity index (χ3v) is 6.37. The van der Waals surface area contributed by atoms with Gasteiger partial charge < -0.3 is 15.2 Å². The van der Waals surface area contributed by atoms with Crippen LogP contribution in [-0.2, 0) is 6.18 Å². The average molecular weight is 504 g/mol. The van der Waals surface area contributed by atoms with E-state index in [9.17, 15) is 22.8 Å². The first-order valence-electron chi connectivity index (χ1n) is 11.7. The SMILES string of the molecule is Cc1nc2nc(C(F)(F)F)c(C(C)Nc3ncc(C(=O)N4CC(C)CC(C)C4)cn3)c(C)c2c(=O)[nH]1. The van der Waals surface area contributed by atoms with Gasteiger partial charge in [0, 0.05) is 31.0 Å². The highest BCUT2D eigenvalue weighted by Gasteiger charge is 2.39. The van der Waals surface area contributed by atoms with Gasteiger partial charge in [-0.2, -0.15) is 13.2 Å². The molecular weight excluding hydrogens is 475 g/mol. The van der Waals surface area contributed by atoms with Crippen molar-refractivity contribution in [2.24, 2.45) is 11.8 Å². The van der Waals surface area contributed by atoms with Gasteiger partial charge in [-0.15, -0.1) is 0 Å². The molecule has 0 aromatic carbocycles. The first kappa shape index (κ1) is 25.5. The molecule has 12 heteroatoms. The highest BCUT2D eigenvalue weighted by atomic mass is 19.4. The second kappa shape index (κ2) is 9.47. The van der Waals surface area contributed by atoms with Crippen LogP contribution in [0, 0.1) is 25.7 Å². The van der Waals surface area contributed by atoms with Gasteiger partial charge in [0.25, 0.3) is 11.5 Å². The van der Waals surface area contributed by atoms with Gasteiger partial charge in [0.15, 0.2) is 11.3 Å². The number of H-pyrrole nitrogens is 1. The number of alkyl halides is 3. The average Bonchev–Trinajstić information content (AvgIpc) is 2.77. The van der Waals surface area contributed by atoms with Gasteiger partial charge in [-0.05, 0) is 44.6 Å². The second-order valence-corrected chi connectivity index (χ2v) is 9.66. The molecule has 2 N–H and O–H groups in total. The third kappa shape index (κ3) is 5.02. The molecule has 9 nitrogen and oxygen atoms in total. The maximum atomic E-state index is 14.0. The van der Waals surface area contributed by atoms with E-state index in [1.165, 1.54) is 33.2 Å². The summed E-state index contributed by atoms with van der Waals surface area (Å²) < 4.78 is 41.9. The maximum Gasteiger partial charge on any atom is 0.433 e. The van der Waals surface area contributed by atoms with Crippen LogP contribution in [0.4, 0.5) is 19.1 Å². The summed E-state index contributed by atoms with van der Waals surface area (Å²) in [5.41, 5.74) is -1.75.